The van der Waals surface area contributed by atoms with Crippen LogP contribution in [-0.2, 0) is 0 Å². The van der Waals surface area contributed by atoms with Gasteiger partial charge in [0.25, 0.3) is 0 Å². The molecule has 0 aliphatic heterocycles. The van der Waals surface area contributed by atoms with E-state index in [9.17, 15) is 0 Å². The average Bonchev–Trinajstić information content (AvgIpc) is 2.72. The molecule has 2 heterocycles. The molecule has 0 aliphatic rings. The topological polar surface area (TPSA) is 26.0 Å². The van der Waals surface area contributed by atoms with Crippen molar-refractivity contribution >= 4 is 66.1 Å². The summed E-state index contributed by atoms with van der Waals surface area (Å²) in [5.41, 5.74) is 7.29. The molecule has 0 saturated heterocycles. The SMILES string of the molecule is Cc1cc(C(N)c2cc(Br)c(Br)s2)sc1Cl. The lowest BCUT2D eigenvalue weighted by molar-refractivity contribution is 0.916. The van der Waals surface area contributed by atoms with Crippen LogP contribution < -0.4 is 5.73 Å². The van der Waals surface area contributed by atoms with Crippen LogP contribution >= 0.6 is 66.1 Å². The van der Waals surface area contributed by atoms with Crippen LogP contribution in [0.2, 0.25) is 4.34 Å². The summed E-state index contributed by atoms with van der Waals surface area (Å²) in [7, 11) is 0. The maximum absolute atomic E-state index is 6.20. The number of rotatable bonds is 2. The summed E-state index contributed by atoms with van der Waals surface area (Å²) in [5, 5.41) is 0. The molecular formula is C10H8Br2ClNS2. The standard InChI is InChI=1S/C10H8Br2ClNS2/c1-4-2-6(16-10(4)13)8(14)7-3-5(11)9(12)15-7/h2-3,8H,14H2,1H3. The van der Waals surface area contributed by atoms with Crippen molar-refractivity contribution < 1.29 is 0 Å². The lowest BCUT2D eigenvalue weighted by Crippen LogP contribution is -2.07. The van der Waals surface area contributed by atoms with Gasteiger partial charge in [-0.15, -0.1) is 22.7 Å². The second-order valence-electron chi connectivity index (χ2n) is 3.35. The van der Waals surface area contributed by atoms with Gasteiger partial charge in [-0.05, 0) is 56.5 Å². The molecule has 2 aromatic heterocycles. The molecular weight excluding hydrogens is 394 g/mol. The van der Waals surface area contributed by atoms with Crippen LogP contribution in [0, 0.1) is 6.92 Å². The maximum atomic E-state index is 6.20. The van der Waals surface area contributed by atoms with Gasteiger partial charge in [-0.3, -0.25) is 0 Å². The van der Waals surface area contributed by atoms with Crippen LogP contribution in [0.25, 0.3) is 0 Å². The van der Waals surface area contributed by atoms with Crippen molar-refractivity contribution in [2.45, 2.75) is 13.0 Å². The van der Waals surface area contributed by atoms with Crippen molar-refractivity contribution in [3.05, 3.63) is 40.0 Å². The van der Waals surface area contributed by atoms with Crippen molar-refractivity contribution in [1.82, 2.24) is 0 Å². The highest BCUT2D eigenvalue weighted by molar-refractivity contribution is 9.13. The molecule has 86 valence electrons. The minimum Gasteiger partial charge on any atom is -0.319 e. The van der Waals surface area contributed by atoms with Crippen LogP contribution in [0.4, 0.5) is 0 Å². The fourth-order valence-corrected chi connectivity index (χ4v) is 4.72. The molecule has 2 N–H and O–H groups in total. The summed E-state index contributed by atoms with van der Waals surface area (Å²) in [4.78, 5) is 2.22. The molecule has 1 unspecified atom stereocenters. The Hall–Kier alpha value is 0.610. The second-order valence-corrected chi connectivity index (χ2v) is 8.30. The molecule has 0 saturated carbocycles. The van der Waals surface area contributed by atoms with Crippen molar-refractivity contribution in [1.29, 1.82) is 0 Å². The van der Waals surface area contributed by atoms with Gasteiger partial charge in [0.2, 0.25) is 0 Å². The van der Waals surface area contributed by atoms with E-state index < -0.39 is 0 Å². The molecule has 1 atom stereocenters. The van der Waals surface area contributed by atoms with Gasteiger partial charge in [-0.25, -0.2) is 0 Å². The highest BCUT2D eigenvalue weighted by Gasteiger charge is 2.16. The number of aryl methyl sites for hydroxylation is 1. The Bertz CT molecular complexity index is 436. The van der Waals surface area contributed by atoms with Crippen LogP contribution in [0.3, 0.4) is 0 Å². The molecule has 2 rings (SSSR count). The first kappa shape index (κ1) is 13.1. The molecule has 16 heavy (non-hydrogen) atoms. The third kappa shape index (κ3) is 2.54. The third-order valence-corrected chi connectivity index (χ3v) is 7.13. The largest absolute Gasteiger partial charge is 0.319 e. The van der Waals surface area contributed by atoms with Gasteiger partial charge >= 0.3 is 0 Å². The number of thiophene rings is 2. The van der Waals surface area contributed by atoms with Gasteiger partial charge < -0.3 is 5.73 Å². The highest BCUT2D eigenvalue weighted by Crippen LogP contribution is 2.39. The molecule has 0 amide bonds. The van der Waals surface area contributed by atoms with E-state index in [4.69, 9.17) is 17.3 Å². The van der Waals surface area contributed by atoms with Crippen LogP contribution in [0.1, 0.15) is 21.4 Å². The number of nitrogens with two attached hydrogens (primary N) is 1. The van der Waals surface area contributed by atoms with Crippen LogP contribution in [0.5, 0.6) is 0 Å². The third-order valence-electron chi connectivity index (χ3n) is 2.15. The van der Waals surface area contributed by atoms with Gasteiger partial charge in [-0.1, -0.05) is 11.6 Å². The summed E-state index contributed by atoms with van der Waals surface area (Å²) in [6.45, 7) is 2.00. The Morgan fingerprint density at radius 3 is 2.31 bits per heavy atom. The van der Waals surface area contributed by atoms with Gasteiger partial charge in [0.05, 0.1) is 14.2 Å². The molecule has 0 spiro atoms. The Morgan fingerprint density at radius 2 is 1.88 bits per heavy atom. The Labute approximate surface area is 124 Å². The van der Waals surface area contributed by atoms with Gasteiger partial charge in [-0.2, -0.15) is 0 Å². The highest BCUT2D eigenvalue weighted by atomic mass is 79.9. The van der Waals surface area contributed by atoms with E-state index in [-0.39, 0.29) is 6.04 Å². The zero-order valence-electron chi connectivity index (χ0n) is 8.26. The Kier molecular flexibility index (Phi) is 4.14. The first-order valence-electron chi connectivity index (χ1n) is 4.45. The van der Waals surface area contributed by atoms with E-state index in [2.05, 4.69) is 37.9 Å². The Balaban J connectivity index is 2.34. The fraction of sp³-hybridized carbons (Fsp3) is 0.200. The lowest BCUT2D eigenvalue weighted by Gasteiger charge is -2.05. The minimum atomic E-state index is -0.0937. The number of hydrogen-bond acceptors (Lipinski definition) is 3. The zero-order chi connectivity index (χ0) is 11.9. The van der Waals surface area contributed by atoms with E-state index in [1.807, 2.05) is 13.0 Å². The molecule has 0 aromatic carbocycles. The number of halogens is 3. The summed E-state index contributed by atoms with van der Waals surface area (Å²) in [5.74, 6) is 0. The quantitative estimate of drug-likeness (QED) is 0.722. The first-order chi connectivity index (χ1) is 7.49. The van der Waals surface area contributed by atoms with E-state index in [1.54, 1.807) is 22.7 Å². The predicted molar refractivity (Wildman–Crippen MR) is 79.8 cm³/mol. The predicted octanol–water partition coefficient (Wildman–Crippen LogP) is 5.34. The molecule has 1 nitrogen and oxygen atoms in total. The smallest absolute Gasteiger partial charge is 0.0961 e. The van der Waals surface area contributed by atoms with Crippen LogP contribution in [-0.4, -0.2) is 0 Å². The van der Waals surface area contributed by atoms with Gasteiger partial charge in [0, 0.05) is 14.2 Å². The summed E-state index contributed by atoms with van der Waals surface area (Å²) >= 11 is 16.2. The monoisotopic (exact) mass is 399 g/mol. The minimum absolute atomic E-state index is 0.0937. The van der Waals surface area contributed by atoms with E-state index in [0.717, 1.165) is 27.9 Å². The van der Waals surface area contributed by atoms with E-state index in [0.29, 0.717) is 0 Å². The summed E-state index contributed by atoms with van der Waals surface area (Å²) < 4.78 is 2.93. The number of hydrogen-bond donors (Lipinski definition) is 1. The normalized spacial score (nSPS) is 13.1. The lowest BCUT2D eigenvalue weighted by atomic mass is 10.2. The molecule has 2 aromatic rings. The summed E-state index contributed by atoms with van der Waals surface area (Å²) in [6, 6.07) is 4.01. The van der Waals surface area contributed by atoms with E-state index >= 15 is 0 Å². The molecule has 0 aliphatic carbocycles. The molecule has 0 radical (unpaired) electrons. The molecule has 0 fully saturated rings. The molecule has 6 heteroatoms. The summed E-state index contributed by atoms with van der Waals surface area (Å²) in [6.07, 6.45) is 0. The van der Waals surface area contributed by atoms with Crippen molar-refractivity contribution in [3.8, 4) is 0 Å². The van der Waals surface area contributed by atoms with E-state index in [1.165, 1.54) is 0 Å². The van der Waals surface area contributed by atoms with Crippen molar-refractivity contribution in [2.24, 2.45) is 5.73 Å². The second kappa shape index (κ2) is 5.08. The maximum Gasteiger partial charge on any atom is 0.0961 e. The van der Waals surface area contributed by atoms with Crippen LogP contribution in [0.15, 0.2) is 20.4 Å². The van der Waals surface area contributed by atoms with Crippen molar-refractivity contribution in [2.75, 3.05) is 0 Å². The van der Waals surface area contributed by atoms with Gasteiger partial charge in [0.15, 0.2) is 0 Å². The van der Waals surface area contributed by atoms with Gasteiger partial charge in [0.1, 0.15) is 0 Å². The zero-order valence-corrected chi connectivity index (χ0v) is 13.8. The first-order valence-corrected chi connectivity index (χ1v) is 8.05. The average molecular weight is 402 g/mol. The molecule has 0 bridgehead atoms. The van der Waals surface area contributed by atoms with Crippen molar-refractivity contribution in [3.63, 3.8) is 0 Å². The Morgan fingerprint density at radius 1 is 1.25 bits per heavy atom. The fourth-order valence-electron chi connectivity index (χ4n) is 1.29.